The van der Waals surface area contributed by atoms with Crippen LogP contribution < -0.4 is 4.90 Å². The molecule has 0 aliphatic heterocycles. The van der Waals surface area contributed by atoms with Gasteiger partial charge >= 0.3 is 0 Å². The molecule has 10 rings (SSSR count). The molecule has 2 heteroatoms. The maximum atomic E-state index is 3.48. The highest BCUT2D eigenvalue weighted by molar-refractivity contribution is 6.10. The Bertz CT molecular complexity index is 2550. The minimum atomic E-state index is -0.104. The Morgan fingerprint density at radius 1 is 0.480 bits per heavy atom. The van der Waals surface area contributed by atoms with Crippen molar-refractivity contribution in [1.29, 1.82) is 0 Å². The zero-order valence-electron chi connectivity index (χ0n) is 28.8. The maximum absolute atomic E-state index is 3.48. The topological polar surface area (TPSA) is 8.17 Å². The van der Waals surface area contributed by atoms with Crippen molar-refractivity contribution in [1.82, 2.24) is 4.57 Å². The molecule has 0 N–H and O–H groups in total. The van der Waals surface area contributed by atoms with Crippen LogP contribution in [-0.2, 0) is 10.8 Å². The molecule has 0 spiro atoms. The number of rotatable bonds is 4. The normalized spacial score (nSPS) is 14.6. The van der Waals surface area contributed by atoms with Gasteiger partial charge in [0.2, 0.25) is 0 Å². The molecular formula is C48H36N2. The van der Waals surface area contributed by atoms with E-state index in [-0.39, 0.29) is 10.8 Å². The van der Waals surface area contributed by atoms with E-state index in [4.69, 9.17) is 0 Å². The quantitative estimate of drug-likeness (QED) is 0.186. The highest BCUT2D eigenvalue weighted by Crippen LogP contribution is 2.53. The second-order valence-electron chi connectivity index (χ2n) is 14.9. The molecule has 0 saturated carbocycles. The summed E-state index contributed by atoms with van der Waals surface area (Å²) in [5.41, 5.74) is 17.5. The van der Waals surface area contributed by atoms with Crippen molar-refractivity contribution in [3.05, 3.63) is 180 Å². The van der Waals surface area contributed by atoms with E-state index < -0.39 is 0 Å². The summed E-state index contributed by atoms with van der Waals surface area (Å²) in [6.45, 7) is 9.44. The van der Waals surface area contributed by atoms with Gasteiger partial charge in [0.25, 0.3) is 0 Å². The lowest BCUT2D eigenvalue weighted by molar-refractivity contribution is 0.660. The van der Waals surface area contributed by atoms with Gasteiger partial charge in [-0.05, 0) is 111 Å². The summed E-state index contributed by atoms with van der Waals surface area (Å²) >= 11 is 0. The van der Waals surface area contributed by atoms with Crippen molar-refractivity contribution < 1.29 is 0 Å². The highest BCUT2D eigenvalue weighted by Gasteiger charge is 2.37. The second kappa shape index (κ2) is 10.2. The van der Waals surface area contributed by atoms with Crippen LogP contribution in [0.1, 0.15) is 49.9 Å². The number of hydrogen-bond donors (Lipinski definition) is 0. The smallest absolute Gasteiger partial charge is 0.0631 e. The molecule has 0 amide bonds. The van der Waals surface area contributed by atoms with E-state index in [0.717, 1.165) is 44.6 Å². The van der Waals surface area contributed by atoms with Crippen LogP contribution >= 0.6 is 0 Å². The van der Waals surface area contributed by atoms with Crippen molar-refractivity contribution in [2.24, 2.45) is 0 Å². The first kappa shape index (κ1) is 28.9. The second-order valence-corrected chi connectivity index (χ2v) is 14.9. The number of benzene rings is 6. The van der Waals surface area contributed by atoms with Crippen molar-refractivity contribution in [3.63, 3.8) is 0 Å². The van der Waals surface area contributed by atoms with Gasteiger partial charge in [0.1, 0.15) is 0 Å². The van der Waals surface area contributed by atoms with Gasteiger partial charge in [0, 0.05) is 39.0 Å². The van der Waals surface area contributed by atoms with E-state index in [0.29, 0.717) is 0 Å². The molecule has 0 saturated heterocycles. The molecule has 0 bridgehead atoms. The monoisotopic (exact) mass is 640 g/mol. The van der Waals surface area contributed by atoms with Crippen molar-refractivity contribution >= 4 is 38.9 Å². The van der Waals surface area contributed by atoms with E-state index in [2.05, 4.69) is 189 Å². The number of nitrogens with zero attached hydrogens (tertiary/aromatic N) is 2. The molecule has 2 aliphatic carbocycles. The molecule has 0 atom stereocenters. The number of aromatic nitrogens is 1. The van der Waals surface area contributed by atoms with E-state index in [1.807, 2.05) is 6.07 Å². The minimum Gasteiger partial charge on any atom is -0.310 e. The fraction of sp³-hybridized carbons (Fsp3) is 0.125. The van der Waals surface area contributed by atoms with Gasteiger partial charge in [-0.15, -0.1) is 0 Å². The van der Waals surface area contributed by atoms with Gasteiger partial charge in [-0.3, -0.25) is 0 Å². The Hall–Kier alpha value is -6.04. The SMILES string of the molecule is CC1(C)c2ccccc2-c2ccc(N(c3ccc4c(c3)C(C)(C)c3ccccc3-4)c3ccc4c(c3)c3c#cccc3n4-c3ccccc3)cc21. The average molecular weight is 641 g/mol. The number of fused-ring (bicyclic) bond motifs is 9. The Kier molecular flexibility index (Phi) is 5.92. The van der Waals surface area contributed by atoms with Gasteiger partial charge in [-0.25, -0.2) is 0 Å². The molecule has 2 aliphatic rings. The van der Waals surface area contributed by atoms with Gasteiger partial charge in [-0.1, -0.05) is 119 Å². The van der Waals surface area contributed by atoms with Crippen LogP contribution in [0.2, 0.25) is 0 Å². The molecule has 2 nitrogen and oxygen atoms in total. The van der Waals surface area contributed by atoms with Crippen LogP contribution in [0.25, 0.3) is 49.7 Å². The van der Waals surface area contributed by atoms with E-state index in [1.54, 1.807) is 0 Å². The molecule has 1 heterocycles. The molecular weight excluding hydrogens is 605 g/mol. The summed E-state index contributed by atoms with van der Waals surface area (Å²) in [6, 6.07) is 60.3. The molecule has 0 fully saturated rings. The number of anilines is 3. The summed E-state index contributed by atoms with van der Waals surface area (Å²) in [4.78, 5) is 2.45. The standard InChI is InChI=1S/C48H36N2/c1-47(2)41-19-11-8-16-35(41)37-25-22-33(29-43(37)47)49(34-23-26-38-36-17-9-12-20-42(36)48(3,4)44(38)30-34)32-24-27-46-40(28-32)39-18-10-13-21-45(39)50(46)31-14-6-5-7-15-31/h5-9,11-17,19-30H,1-4H3. The zero-order chi connectivity index (χ0) is 33.8. The van der Waals surface area contributed by atoms with Crippen molar-refractivity contribution in [2.75, 3.05) is 4.90 Å². The zero-order valence-corrected chi connectivity index (χ0v) is 28.8. The van der Waals surface area contributed by atoms with Crippen molar-refractivity contribution in [2.45, 2.75) is 38.5 Å². The first-order valence-electron chi connectivity index (χ1n) is 17.5. The third kappa shape index (κ3) is 3.92. The van der Waals surface area contributed by atoms with Crippen LogP contribution in [0.3, 0.4) is 0 Å². The average Bonchev–Trinajstić information content (AvgIpc) is 3.69. The lowest BCUT2D eigenvalue weighted by atomic mass is 9.82. The van der Waals surface area contributed by atoms with E-state index in [9.17, 15) is 0 Å². The van der Waals surface area contributed by atoms with Gasteiger partial charge in [-0.2, -0.15) is 0 Å². The fourth-order valence-corrected chi connectivity index (χ4v) is 8.93. The summed E-state index contributed by atoms with van der Waals surface area (Å²) in [5.74, 6) is 0. The predicted molar refractivity (Wildman–Crippen MR) is 208 cm³/mol. The van der Waals surface area contributed by atoms with Gasteiger partial charge in [0.15, 0.2) is 0 Å². The largest absolute Gasteiger partial charge is 0.310 e. The number of hydrogen-bond acceptors (Lipinski definition) is 1. The Balaban J connectivity index is 1.21. The Morgan fingerprint density at radius 2 is 1.00 bits per heavy atom. The number of para-hydroxylation sites is 1. The van der Waals surface area contributed by atoms with Gasteiger partial charge < -0.3 is 9.47 Å². The van der Waals surface area contributed by atoms with Crippen LogP contribution in [0, 0.1) is 12.1 Å². The summed E-state index contributed by atoms with van der Waals surface area (Å²) in [5, 5.41) is 2.23. The van der Waals surface area contributed by atoms with Crippen molar-refractivity contribution in [3.8, 4) is 27.9 Å². The highest BCUT2D eigenvalue weighted by atomic mass is 15.1. The summed E-state index contributed by atoms with van der Waals surface area (Å²) in [7, 11) is 0. The predicted octanol–water partition coefficient (Wildman–Crippen LogP) is 12.5. The lowest BCUT2D eigenvalue weighted by Crippen LogP contribution is -2.18. The molecule has 0 unspecified atom stereocenters. The Labute approximate surface area is 293 Å². The Morgan fingerprint density at radius 3 is 1.62 bits per heavy atom. The van der Waals surface area contributed by atoms with Crippen LogP contribution in [0.4, 0.5) is 17.1 Å². The molecule has 238 valence electrons. The third-order valence-corrected chi connectivity index (χ3v) is 11.4. The van der Waals surface area contributed by atoms with E-state index >= 15 is 0 Å². The first-order chi connectivity index (χ1) is 24.3. The molecule has 8 aromatic rings. The molecule has 1 aromatic heterocycles. The first-order valence-corrected chi connectivity index (χ1v) is 17.5. The maximum Gasteiger partial charge on any atom is 0.0631 e. The van der Waals surface area contributed by atoms with Crippen LogP contribution in [0.5, 0.6) is 0 Å². The summed E-state index contributed by atoms with van der Waals surface area (Å²) < 4.78 is 2.34. The lowest BCUT2D eigenvalue weighted by Gasteiger charge is -2.30. The van der Waals surface area contributed by atoms with Crippen LogP contribution in [-0.4, -0.2) is 4.57 Å². The molecule has 0 radical (unpaired) electrons. The van der Waals surface area contributed by atoms with Gasteiger partial charge in [0.05, 0.1) is 16.4 Å². The van der Waals surface area contributed by atoms with E-state index in [1.165, 1.54) is 44.5 Å². The fourth-order valence-electron chi connectivity index (χ4n) is 8.93. The molecule has 50 heavy (non-hydrogen) atoms. The third-order valence-electron chi connectivity index (χ3n) is 11.4. The summed E-state index contributed by atoms with van der Waals surface area (Å²) in [6.07, 6.45) is 0. The molecule has 7 aromatic carbocycles. The minimum absolute atomic E-state index is 0.104. The van der Waals surface area contributed by atoms with Crippen LogP contribution in [0.15, 0.2) is 146 Å².